The Morgan fingerprint density at radius 1 is 1.15 bits per heavy atom. The fraction of sp³-hybridized carbons (Fsp3) is 0.667. The second kappa shape index (κ2) is 5.11. The number of hydrogen-bond donors (Lipinski definition) is 1. The van der Waals surface area contributed by atoms with Gasteiger partial charge in [-0.3, -0.25) is 0 Å². The summed E-state index contributed by atoms with van der Waals surface area (Å²) in [7, 11) is 0. The molecule has 0 amide bonds. The minimum Gasteiger partial charge on any atom is -0.384 e. The zero-order chi connectivity index (χ0) is 10.5. The van der Waals surface area contributed by atoms with Crippen molar-refractivity contribution in [2.75, 3.05) is 0 Å². The largest absolute Gasteiger partial charge is 0.384 e. The predicted octanol–water partition coefficient (Wildman–Crippen LogP) is 3.63. The summed E-state index contributed by atoms with van der Waals surface area (Å²) in [4.78, 5) is 0. The molecule has 0 rings (SSSR count). The minimum absolute atomic E-state index is 0.161. The van der Waals surface area contributed by atoms with Crippen LogP contribution in [-0.2, 0) is 0 Å². The number of hydrogen-bond acceptors (Lipinski definition) is 1. The summed E-state index contributed by atoms with van der Waals surface area (Å²) in [6.45, 7) is 12.9. The highest BCUT2D eigenvalue weighted by Gasteiger charge is 2.07. The molecule has 0 aliphatic heterocycles. The van der Waals surface area contributed by atoms with E-state index < -0.39 is 0 Å². The lowest BCUT2D eigenvalue weighted by molar-refractivity contribution is 0.473. The van der Waals surface area contributed by atoms with Gasteiger partial charge in [0, 0.05) is 11.2 Å². The normalized spacial score (nSPS) is 14.6. The van der Waals surface area contributed by atoms with Gasteiger partial charge >= 0.3 is 0 Å². The van der Waals surface area contributed by atoms with Crippen LogP contribution in [0.25, 0.3) is 0 Å². The van der Waals surface area contributed by atoms with Crippen molar-refractivity contribution >= 4 is 0 Å². The molecular weight excluding hydrogens is 158 g/mol. The highest BCUT2D eigenvalue weighted by molar-refractivity contribution is 5.15. The standard InChI is InChI=1S/C12H23N/c1-7-10(2)8-9-11(3)13-12(4,5)6/h8-9,13H,7H2,1-6H3/b10-8-,11-9+. The first-order valence-corrected chi connectivity index (χ1v) is 4.97. The first-order chi connectivity index (χ1) is 5.85. The summed E-state index contributed by atoms with van der Waals surface area (Å²) in [5.74, 6) is 0. The van der Waals surface area contributed by atoms with E-state index >= 15 is 0 Å². The Morgan fingerprint density at radius 2 is 1.69 bits per heavy atom. The maximum Gasteiger partial charge on any atom is 0.0286 e. The van der Waals surface area contributed by atoms with Gasteiger partial charge in [0.25, 0.3) is 0 Å². The third-order valence-electron chi connectivity index (χ3n) is 1.75. The lowest BCUT2D eigenvalue weighted by Crippen LogP contribution is -2.34. The lowest BCUT2D eigenvalue weighted by Gasteiger charge is -2.22. The van der Waals surface area contributed by atoms with Crippen LogP contribution in [0.15, 0.2) is 23.4 Å². The zero-order valence-corrected chi connectivity index (χ0v) is 9.86. The summed E-state index contributed by atoms with van der Waals surface area (Å²) in [6.07, 6.45) is 5.44. The highest BCUT2D eigenvalue weighted by Crippen LogP contribution is 2.04. The van der Waals surface area contributed by atoms with Crippen LogP contribution in [0.1, 0.15) is 48.0 Å². The van der Waals surface area contributed by atoms with Crippen molar-refractivity contribution in [1.82, 2.24) is 5.32 Å². The Labute approximate surface area is 82.9 Å². The van der Waals surface area contributed by atoms with E-state index in [1.807, 2.05) is 0 Å². The van der Waals surface area contributed by atoms with Crippen molar-refractivity contribution in [3.63, 3.8) is 0 Å². The van der Waals surface area contributed by atoms with Gasteiger partial charge in [-0.05, 0) is 47.1 Å². The van der Waals surface area contributed by atoms with Gasteiger partial charge in [0.05, 0.1) is 0 Å². The van der Waals surface area contributed by atoms with E-state index in [4.69, 9.17) is 0 Å². The van der Waals surface area contributed by atoms with Crippen molar-refractivity contribution in [3.8, 4) is 0 Å². The molecule has 0 aromatic rings. The summed E-state index contributed by atoms with van der Waals surface area (Å²) in [5, 5.41) is 3.42. The molecule has 0 heterocycles. The summed E-state index contributed by atoms with van der Waals surface area (Å²) in [6, 6.07) is 0. The quantitative estimate of drug-likeness (QED) is 0.655. The monoisotopic (exact) mass is 181 g/mol. The van der Waals surface area contributed by atoms with Gasteiger partial charge in [-0.2, -0.15) is 0 Å². The molecule has 1 heteroatoms. The van der Waals surface area contributed by atoms with E-state index in [0.717, 1.165) is 6.42 Å². The molecule has 0 radical (unpaired) electrons. The van der Waals surface area contributed by atoms with E-state index in [2.05, 4.69) is 59.0 Å². The SMILES string of the molecule is CC/C(C)=C\C=C(/C)NC(C)(C)C. The van der Waals surface area contributed by atoms with E-state index in [9.17, 15) is 0 Å². The van der Waals surface area contributed by atoms with Crippen molar-refractivity contribution in [3.05, 3.63) is 23.4 Å². The van der Waals surface area contributed by atoms with E-state index in [1.165, 1.54) is 11.3 Å². The molecular formula is C12H23N. The van der Waals surface area contributed by atoms with Gasteiger partial charge in [-0.15, -0.1) is 0 Å². The summed E-state index contributed by atoms with van der Waals surface area (Å²) in [5.41, 5.74) is 2.80. The first kappa shape index (κ1) is 12.3. The van der Waals surface area contributed by atoms with Crippen LogP contribution in [0.5, 0.6) is 0 Å². The molecule has 1 N–H and O–H groups in total. The molecule has 1 nitrogen and oxygen atoms in total. The molecule has 76 valence electrons. The van der Waals surface area contributed by atoms with Crippen molar-refractivity contribution in [1.29, 1.82) is 0 Å². The van der Waals surface area contributed by atoms with Gasteiger partial charge in [-0.1, -0.05) is 18.6 Å². The Kier molecular flexibility index (Phi) is 4.82. The molecule has 0 aliphatic carbocycles. The molecule has 13 heavy (non-hydrogen) atoms. The molecule has 0 fully saturated rings. The van der Waals surface area contributed by atoms with Crippen LogP contribution in [0.3, 0.4) is 0 Å². The molecule has 0 spiro atoms. The smallest absolute Gasteiger partial charge is 0.0286 e. The van der Waals surface area contributed by atoms with Crippen LogP contribution in [-0.4, -0.2) is 5.54 Å². The van der Waals surface area contributed by atoms with Gasteiger partial charge in [-0.25, -0.2) is 0 Å². The molecule has 0 saturated carbocycles. The van der Waals surface area contributed by atoms with E-state index in [0.29, 0.717) is 0 Å². The van der Waals surface area contributed by atoms with Gasteiger partial charge in [0.15, 0.2) is 0 Å². The maximum atomic E-state index is 3.42. The lowest BCUT2D eigenvalue weighted by atomic mass is 10.1. The third-order valence-corrected chi connectivity index (χ3v) is 1.75. The van der Waals surface area contributed by atoms with Gasteiger partial charge in [0.1, 0.15) is 0 Å². The van der Waals surface area contributed by atoms with Crippen LogP contribution in [0.2, 0.25) is 0 Å². The first-order valence-electron chi connectivity index (χ1n) is 4.97. The number of allylic oxidation sites excluding steroid dienone is 4. The van der Waals surface area contributed by atoms with Crippen LogP contribution >= 0.6 is 0 Å². The molecule has 0 aromatic carbocycles. The molecule has 0 unspecified atom stereocenters. The second-order valence-corrected chi connectivity index (χ2v) is 4.59. The van der Waals surface area contributed by atoms with Crippen molar-refractivity contribution in [2.45, 2.75) is 53.5 Å². The van der Waals surface area contributed by atoms with E-state index in [1.54, 1.807) is 0 Å². The number of rotatable bonds is 3. The van der Waals surface area contributed by atoms with Crippen LogP contribution < -0.4 is 5.32 Å². The molecule has 0 bridgehead atoms. The fourth-order valence-corrected chi connectivity index (χ4v) is 1.02. The third kappa shape index (κ3) is 7.63. The van der Waals surface area contributed by atoms with E-state index in [-0.39, 0.29) is 5.54 Å². The summed E-state index contributed by atoms with van der Waals surface area (Å²) < 4.78 is 0. The molecule has 0 saturated heterocycles. The Balaban J connectivity index is 4.19. The predicted molar refractivity (Wildman–Crippen MR) is 60.7 cm³/mol. The van der Waals surface area contributed by atoms with Gasteiger partial charge < -0.3 is 5.32 Å². The van der Waals surface area contributed by atoms with Crippen molar-refractivity contribution in [2.24, 2.45) is 0 Å². The summed E-state index contributed by atoms with van der Waals surface area (Å²) >= 11 is 0. The average Bonchev–Trinajstić information content (AvgIpc) is 1.97. The second-order valence-electron chi connectivity index (χ2n) is 4.59. The van der Waals surface area contributed by atoms with Crippen LogP contribution in [0, 0.1) is 0 Å². The topological polar surface area (TPSA) is 12.0 Å². The zero-order valence-electron chi connectivity index (χ0n) is 9.86. The minimum atomic E-state index is 0.161. The molecule has 0 atom stereocenters. The molecule has 0 aromatic heterocycles. The Morgan fingerprint density at radius 3 is 2.08 bits per heavy atom. The maximum absolute atomic E-state index is 3.42. The fourth-order valence-electron chi connectivity index (χ4n) is 1.02. The van der Waals surface area contributed by atoms with Crippen LogP contribution in [0.4, 0.5) is 0 Å². The van der Waals surface area contributed by atoms with Gasteiger partial charge in [0.2, 0.25) is 0 Å². The molecule has 0 aliphatic rings. The number of nitrogens with one attached hydrogen (secondary N) is 1. The average molecular weight is 181 g/mol. The highest BCUT2D eigenvalue weighted by atomic mass is 14.9. The Bertz CT molecular complexity index is 204. The Hall–Kier alpha value is -0.720. The van der Waals surface area contributed by atoms with Crippen molar-refractivity contribution < 1.29 is 0 Å².